The molecule has 1 aliphatic rings. The summed E-state index contributed by atoms with van der Waals surface area (Å²) in [5, 5.41) is 6.08. The molecule has 1 unspecified atom stereocenters. The van der Waals surface area contributed by atoms with E-state index in [1.807, 2.05) is 7.05 Å². The summed E-state index contributed by atoms with van der Waals surface area (Å²) in [5.41, 5.74) is 0. The van der Waals surface area contributed by atoms with E-state index in [0.29, 0.717) is 6.61 Å². The second-order valence-electron chi connectivity index (χ2n) is 4.04. The maximum atomic E-state index is 11.8. The number of nitrogens with one attached hydrogen (secondary N) is 2. The third kappa shape index (κ3) is 3.25. The molecule has 0 aromatic carbocycles. The van der Waals surface area contributed by atoms with Gasteiger partial charge in [-0.25, -0.2) is 13.1 Å². The van der Waals surface area contributed by atoms with E-state index in [0.717, 1.165) is 13.1 Å². The first kappa shape index (κ1) is 12.5. The van der Waals surface area contributed by atoms with Gasteiger partial charge < -0.3 is 9.64 Å². The van der Waals surface area contributed by atoms with E-state index >= 15 is 0 Å². The Morgan fingerprint density at radius 1 is 1.71 bits per heavy atom. The fraction of sp³-hybridized carbons (Fsp3) is 0.667. The molecule has 17 heavy (non-hydrogen) atoms. The van der Waals surface area contributed by atoms with Gasteiger partial charge >= 0.3 is 0 Å². The Morgan fingerprint density at radius 2 is 2.53 bits per heavy atom. The lowest BCUT2D eigenvalue weighted by Gasteiger charge is -2.29. The first-order valence-corrected chi connectivity index (χ1v) is 6.85. The Balaban J connectivity index is 1.89. The minimum atomic E-state index is -3.48. The number of hydrogen-bond acceptors (Lipinski definition) is 5. The molecule has 1 fully saturated rings. The van der Waals surface area contributed by atoms with Crippen molar-refractivity contribution in [2.24, 2.45) is 0 Å². The molecule has 1 aromatic rings. The van der Waals surface area contributed by atoms with Crippen LogP contribution in [-0.2, 0) is 14.8 Å². The Bertz CT molecular complexity index is 445. The number of H-pyrrole nitrogens is 1. The van der Waals surface area contributed by atoms with Crippen LogP contribution in [0.4, 0.5) is 0 Å². The summed E-state index contributed by atoms with van der Waals surface area (Å²) in [7, 11) is -1.49. The average molecular weight is 260 g/mol. The van der Waals surface area contributed by atoms with Crippen molar-refractivity contribution in [2.45, 2.75) is 11.0 Å². The summed E-state index contributed by atoms with van der Waals surface area (Å²) < 4.78 is 31.5. The van der Waals surface area contributed by atoms with Crippen LogP contribution in [-0.4, -0.2) is 62.9 Å². The predicted molar refractivity (Wildman–Crippen MR) is 61.0 cm³/mol. The molecule has 2 N–H and O–H groups in total. The van der Waals surface area contributed by atoms with Crippen molar-refractivity contribution in [1.29, 1.82) is 0 Å². The van der Waals surface area contributed by atoms with Gasteiger partial charge in [0, 0.05) is 25.8 Å². The van der Waals surface area contributed by atoms with Crippen LogP contribution in [0.15, 0.2) is 17.3 Å². The average Bonchev–Trinajstić information content (AvgIpc) is 2.81. The van der Waals surface area contributed by atoms with Crippen molar-refractivity contribution >= 4 is 10.0 Å². The summed E-state index contributed by atoms with van der Waals surface area (Å²) in [5.74, 6) is 0. The van der Waals surface area contributed by atoms with Gasteiger partial charge in [-0.2, -0.15) is 5.10 Å². The minimum Gasteiger partial charge on any atom is -0.374 e. The molecule has 1 atom stereocenters. The van der Waals surface area contributed by atoms with Crippen molar-refractivity contribution in [3.63, 3.8) is 0 Å². The Labute approximate surface area is 100 Å². The molecule has 0 amide bonds. The van der Waals surface area contributed by atoms with E-state index in [1.165, 1.54) is 12.4 Å². The standard InChI is InChI=1S/C9H16N4O3S/c1-13-2-3-16-8(7-13)4-12-17(14,15)9-5-10-11-6-9/h5-6,8,12H,2-4,7H2,1H3,(H,10,11). The van der Waals surface area contributed by atoms with Crippen LogP contribution in [0.5, 0.6) is 0 Å². The summed E-state index contributed by atoms with van der Waals surface area (Å²) in [6.07, 6.45) is 2.52. The van der Waals surface area contributed by atoms with Gasteiger partial charge in [-0.05, 0) is 7.05 Å². The monoisotopic (exact) mass is 260 g/mol. The van der Waals surface area contributed by atoms with E-state index in [1.54, 1.807) is 0 Å². The lowest BCUT2D eigenvalue weighted by Crippen LogP contribution is -2.45. The molecule has 0 aliphatic carbocycles. The van der Waals surface area contributed by atoms with Crippen LogP contribution >= 0.6 is 0 Å². The Hall–Kier alpha value is -0.960. The number of ether oxygens (including phenoxy) is 1. The van der Waals surface area contributed by atoms with Crippen LogP contribution < -0.4 is 4.72 Å². The number of morpholine rings is 1. The van der Waals surface area contributed by atoms with E-state index < -0.39 is 10.0 Å². The normalized spacial score (nSPS) is 22.8. The van der Waals surface area contributed by atoms with E-state index in [9.17, 15) is 8.42 Å². The van der Waals surface area contributed by atoms with E-state index in [2.05, 4.69) is 19.8 Å². The largest absolute Gasteiger partial charge is 0.374 e. The number of hydrogen-bond donors (Lipinski definition) is 2. The summed E-state index contributed by atoms with van der Waals surface area (Å²) >= 11 is 0. The molecule has 0 saturated carbocycles. The molecule has 0 radical (unpaired) electrons. The minimum absolute atomic E-state index is 0.101. The number of aromatic amines is 1. The van der Waals surface area contributed by atoms with E-state index in [4.69, 9.17) is 4.74 Å². The van der Waals surface area contributed by atoms with Gasteiger partial charge in [0.15, 0.2) is 0 Å². The Kier molecular flexibility index (Phi) is 3.77. The molecular formula is C9H16N4O3S. The highest BCUT2D eigenvalue weighted by atomic mass is 32.2. The van der Waals surface area contributed by atoms with Crippen LogP contribution in [0, 0.1) is 0 Å². The third-order valence-corrected chi connectivity index (χ3v) is 4.02. The molecule has 96 valence electrons. The number of rotatable bonds is 4. The molecule has 1 saturated heterocycles. The first-order chi connectivity index (χ1) is 8.08. The Morgan fingerprint density at radius 3 is 3.18 bits per heavy atom. The highest BCUT2D eigenvalue weighted by Crippen LogP contribution is 2.06. The van der Waals surface area contributed by atoms with Gasteiger partial charge in [-0.15, -0.1) is 0 Å². The lowest BCUT2D eigenvalue weighted by molar-refractivity contribution is -0.0156. The number of sulfonamides is 1. The third-order valence-electron chi connectivity index (χ3n) is 2.63. The molecular weight excluding hydrogens is 244 g/mol. The summed E-state index contributed by atoms with van der Waals surface area (Å²) in [4.78, 5) is 2.25. The van der Waals surface area contributed by atoms with Crippen molar-refractivity contribution in [1.82, 2.24) is 19.8 Å². The molecule has 1 aromatic heterocycles. The summed E-state index contributed by atoms with van der Waals surface area (Å²) in [6.45, 7) is 2.52. The van der Waals surface area contributed by atoms with Gasteiger partial charge in [0.1, 0.15) is 4.90 Å². The quantitative estimate of drug-likeness (QED) is 0.726. The van der Waals surface area contributed by atoms with Gasteiger partial charge in [0.2, 0.25) is 10.0 Å². The second-order valence-corrected chi connectivity index (χ2v) is 5.81. The second kappa shape index (κ2) is 5.13. The fourth-order valence-electron chi connectivity index (χ4n) is 1.66. The highest BCUT2D eigenvalue weighted by Gasteiger charge is 2.21. The molecule has 2 heterocycles. The molecule has 0 spiro atoms. The molecule has 1 aliphatic heterocycles. The molecule has 0 bridgehead atoms. The zero-order chi connectivity index (χ0) is 12.3. The zero-order valence-electron chi connectivity index (χ0n) is 9.59. The summed E-state index contributed by atoms with van der Waals surface area (Å²) in [6, 6.07) is 0. The van der Waals surface area contributed by atoms with Gasteiger partial charge in [0.05, 0.1) is 18.9 Å². The van der Waals surface area contributed by atoms with Gasteiger partial charge in [-0.1, -0.05) is 0 Å². The maximum absolute atomic E-state index is 11.8. The molecule has 2 rings (SSSR count). The highest BCUT2D eigenvalue weighted by molar-refractivity contribution is 7.89. The molecule has 8 heteroatoms. The molecule has 7 nitrogen and oxygen atoms in total. The van der Waals surface area contributed by atoms with Gasteiger partial charge in [-0.3, -0.25) is 5.10 Å². The number of aromatic nitrogens is 2. The van der Waals surface area contributed by atoms with Crippen LogP contribution in [0.25, 0.3) is 0 Å². The zero-order valence-corrected chi connectivity index (χ0v) is 10.4. The van der Waals surface area contributed by atoms with Crippen molar-refractivity contribution < 1.29 is 13.2 Å². The van der Waals surface area contributed by atoms with Crippen molar-refractivity contribution in [2.75, 3.05) is 33.3 Å². The smallest absolute Gasteiger partial charge is 0.243 e. The first-order valence-electron chi connectivity index (χ1n) is 5.36. The number of nitrogens with zero attached hydrogens (tertiary/aromatic N) is 2. The SMILES string of the molecule is CN1CCOC(CNS(=O)(=O)c2cn[nH]c2)C1. The van der Waals surface area contributed by atoms with Crippen LogP contribution in [0.1, 0.15) is 0 Å². The van der Waals surface area contributed by atoms with Gasteiger partial charge in [0.25, 0.3) is 0 Å². The topological polar surface area (TPSA) is 87.3 Å². The maximum Gasteiger partial charge on any atom is 0.243 e. The van der Waals surface area contributed by atoms with Crippen molar-refractivity contribution in [3.05, 3.63) is 12.4 Å². The fourth-order valence-corrected chi connectivity index (χ4v) is 2.63. The van der Waals surface area contributed by atoms with Crippen molar-refractivity contribution in [3.8, 4) is 0 Å². The number of likely N-dealkylation sites (N-methyl/N-ethyl adjacent to an activating group) is 1. The van der Waals surface area contributed by atoms with E-state index in [-0.39, 0.29) is 17.5 Å². The lowest BCUT2D eigenvalue weighted by atomic mass is 10.3. The predicted octanol–water partition coefficient (Wildman–Crippen LogP) is -0.981. The van der Waals surface area contributed by atoms with Crippen LogP contribution in [0.3, 0.4) is 0 Å². The van der Waals surface area contributed by atoms with Crippen LogP contribution in [0.2, 0.25) is 0 Å².